The number of carbonyl (C=O) groups excluding carboxylic acids is 1. The second kappa shape index (κ2) is 4.87. The van der Waals surface area contributed by atoms with Crippen LogP contribution in [0.4, 0.5) is 0 Å². The zero-order valence-electron chi connectivity index (χ0n) is 9.84. The predicted octanol–water partition coefficient (Wildman–Crippen LogP) is 3.62. The molecule has 0 radical (unpaired) electrons. The number of amides is 1. The molecule has 0 saturated heterocycles. The molecule has 92 valence electrons. The number of benzene rings is 1. The number of hydrogen-bond donors (Lipinski definition) is 1. The molecule has 1 saturated carbocycles. The van der Waals surface area contributed by atoms with E-state index in [0.717, 1.165) is 12.0 Å². The molecule has 1 aromatic carbocycles. The fraction of sp³-hybridized carbons (Fsp3) is 0.462. The van der Waals surface area contributed by atoms with Gasteiger partial charge < -0.3 is 5.32 Å². The Bertz CT molecular complexity index is 425. The highest BCUT2D eigenvalue weighted by molar-refractivity contribution is 6.34. The fourth-order valence-electron chi connectivity index (χ4n) is 2.03. The maximum absolute atomic E-state index is 11.8. The van der Waals surface area contributed by atoms with E-state index in [1.54, 1.807) is 6.07 Å². The van der Waals surface area contributed by atoms with Crippen LogP contribution in [0.15, 0.2) is 18.2 Å². The molecule has 4 heteroatoms. The highest BCUT2D eigenvalue weighted by Crippen LogP contribution is 2.48. The first-order valence-corrected chi connectivity index (χ1v) is 6.49. The van der Waals surface area contributed by atoms with Gasteiger partial charge in [-0.25, -0.2) is 0 Å². The first kappa shape index (κ1) is 12.7. The van der Waals surface area contributed by atoms with E-state index in [-0.39, 0.29) is 23.8 Å². The SMILES string of the molecule is CC(C)NC(=O)[C@H]1C[C@H]1c1cc(Cl)cc(Cl)c1. The average Bonchev–Trinajstić information content (AvgIpc) is 2.93. The molecule has 1 fully saturated rings. The van der Waals surface area contributed by atoms with E-state index in [0.29, 0.717) is 10.0 Å². The smallest absolute Gasteiger partial charge is 0.223 e. The van der Waals surface area contributed by atoms with Crippen molar-refractivity contribution >= 4 is 29.1 Å². The quantitative estimate of drug-likeness (QED) is 0.894. The van der Waals surface area contributed by atoms with Crippen LogP contribution in [0.5, 0.6) is 0 Å². The Kier molecular flexibility index (Phi) is 3.64. The molecule has 1 aromatic rings. The Morgan fingerprint density at radius 1 is 1.29 bits per heavy atom. The second-order valence-corrected chi connectivity index (χ2v) is 5.69. The van der Waals surface area contributed by atoms with Gasteiger partial charge in [-0.15, -0.1) is 0 Å². The van der Waals surface area contributed by atoms with Crippen LogP contribution in [0, 0.1) is 5.92 Å². The van der Waals surface area contributed by atoms with Gasteiger partial charge in [-0.05, 0) is 49.9 Å². The topological polar surface area (TPSA) is 29.1 Å². The van der Waals surface area contributed by atoms with Gasteiger partial charge in [0.05, 0.1) is 0 Å². The minimum atomic E-state index is 0.0759. The number of nitrogens with one attached hydrogen (secondary N) is 1. The predicted molar refractivity (Wildman–Crippen MR) is 70.6 cm³/mol. The first-order valence-electron chi connectivity index (χ1n) is 5.73. The van der Waals surface area contributed by atoms with E-state index in [2.05, 4.69) is 5.32 Å². The monoisotopic (exact) mass is 271 g/mol. The van der Waals surface area contributed by atoms with E-state index in [4.69, 9.17) is 23.2 Å². The summed E-state index contributed by atoms with van der Waals surface area (Å²) in [5.41, 5.74) is 1.06. The Labute approximate surface area is 111 Å². The van der Waals surface area contributed by atoms with Crippen molar-refractivity contribution in [2.75, 3.05) is 0 Å². The maximum Gasteiger partial charge on any atom is 0.223 e. The first-order chi connectivity index (χ1) is 7.97. The van der Waals surface area contributed by atoms with Crippen LogP contribution in [0.1, 0.15) is 31.7 Å². The van der Waals surface area contributed by atoms with Crippen molar-refractivity contribution in [3.05, 3.63) is 33.8 Å². The van der Waals surface area contributed by atoms with Crippen LogP contribution in [0.25, 0.3) is 0 Å². The summed E-state index contributed by atoms with van der Waals surface area (Å²) in [5, 5.41) is 4.18. The third-order valence-corrected chi connectivity index (χ3v) is 3.31. The molecular weight excluding hydrogens is 257 g/mol. The summed E-state index contributed by atoms with van der Waals surface area (Å²) in [6.45, 7) is 3.93. The zero-order valence-corrected chi connectivity index (χ0v) is 11.3. The van der Waals surface area contributed by atoms with Gasteiger partial charge in [0.25, 0.3) is 0 Å². The zero-order chi connectivity index (χ0) is 12.6. The van der Waals surface area contributed by atoms with Gasteiger partial charge in [0, 0.05) is 22.0 Å². The Morgan fingerprint density at radius 2 is 1.88 bits per heavy atom. The summed E-state index contributed by atoms with van der Waals surface area (Å²) in [6.07, 6.45) is 0.884. The number of rotatable bonds is 3. The summed E-state index contributed by atoms with van der Waals surface area (Å²) >= 11 is 11.9. The molecule has 2 nitrogen and oxygen atoms in total. The van der Waals surface area contributed by atoms with Crippen LogP contribution in [0.3, 0.4) is 0 Å². The minimum absolute atomic E-state index is 0.0759. The average molecular weight is 272 g/mol. The van der Waals surface area contributed by atoms with Crippen molar-refractivity contribution < 1.29 is 4.79 Å². The van der Waals surface area contributed by atoms with Crippen LogP contribution in [0.2, 0.25) is 10.0 Å². The lowest BCUT2D eigenvalue weighted by Crippen LogP contribution is -2.31. The van der Waals surface area contributed by atoms with Crippen molar-refractivity contribution in [1.29, 1.82) is 0 Å². The largest absolute Gasteiger partial charge is 0.354 e. The highest BCUT2D eigenvalue weighted by atomic mass is 35.5. The molecule has 1 aliphatic carbocycles. The fourth-order valence-corrected chi connectivity index (χ4v) is 2.58. The number of carbonyl (C=O) groups is 1. The summed E-state index contributed by atoms with van der Waals surface area (Å²) in [7, 11) is 0. The molecule has 0 aliphatic heterocycles. The molecule has 1 N–H and O–H groups in total. The Balaban J connectivity index is 2.05. The van der Waals surface area contributed by atoms with Crippen LogP contribution < -0.4 is 5.32 Å². The molecule has 1 aliphatic rings. The molecule has 0 aromatic heterocycles. The lowest BCUT2D eigenvalue weighted by molar-refractivity contribution is -0.122. The van der Waals surface area contributed by atoms with Crippen LogP contribution >= 0.6 is 23.2 Å². The number of hydrogen-bond acceptors (Lipinski definition) is 1. The van der Waals surface area contributed by atoms with Gasteiger partial charge in [-0.2, -0.15) is 0 Å². The third-order valence-electron chi connectivity index (χ3n) is 2.87. The van der Waals surface area contributed by atoms with Gasteiger partial charge in [0.2, 0.25) is 5.91 Å². The molecule has 2 rings (SSSR count). The molecule has 0 heterocycles. The number of halogens is 2. The Morgan fingerprint density at radius 3 is 2.41 bits per heavy atom. The van der Waals surface area contributed by atoms with E-state index < -0.39 is 0 Å². The van der Waals surface area contributed by atoms with Gasteiger partial charge in [-0.3, -0.25) is 4.79 Å². The van der Waals surface area contributed by atoms with Crippen molar-refractivity contribution in [3.63, 3.8) is 0 Å². The molecular formula is C13H15Cl2NO. The van der Waals surface area contributed by atoms with Gasteiger partial charge >= 0.3 is 0 Å². The molecule has 0 unspecified atom stereocenters. The molecule has 2 atom stereocenters. The van der Waals surface area contributed by atoms with E-state index in [1.807, 2.05) is 26.0 Å². The van der Waals surface area contributed by atoms with Crippen LogP contribution in [-0.4, -0.2) is 11.9 Å². The minimum Gasteiger partial charge on any atom is -0.354 e. The third kappa shape index (κ3) is 3.14. The second-order valence-electron chi connectivity index (χ2n) is 4.81. The van der Waals surface area contributed by atoms with Crippen molar-refractivity contribution in [3.8, 4) is 0 Å². The lowest BCUT2D eigenvalue weighted by atomic mass is 10.1. The summed E-state index contributed by atoms with van der Waals surface area (Å²) < 4.78 is 0. The Hall–Kier alpha value is -0.730. The summed E-state index contributed by atoms with van der Waals surface area (Å²) in [6, 6.07) is 5.67. The summed E-state index contributed by atoms with van der Waals surface area (Å²) in [4.78, 5) is 11.8. The normalized spacial score (nSPS) is 22.6. The molecule has 1 amide bonds. The summed E-state index contributed by atoms with van der Waals surface area (Å²) in [5.74, 6) is 0.470. The lowest BCUT2D eigenvalue weighted by Gasteiger charge is -2.08. The van der Waals surface area contributed by atoms with Crippen molar-refractivity contribution in [1.82, 2.24) is 5.32 Å². The van der Waals surface area contributed by atoms with Crippen molar-refractivity contribution in [2.45, 2.75) is 32.2 Å². The van der Waals surface area contributed by atoms with Crippen LogP contribution in [-0.2, 0) is 4.79 Å². The van der Waals surface area contributed by atoms with Gasteiger partial charge in [-0.1, -0.05) is 23.2 Å². The molecule has 0 spiro atoms. The van der Waals surface area contributed by atoms with Gasteiger partial charge in [0.1, 0.15) is 0 Å². The standard InChI is InChI=1S/C13H15Cl2NO/c1-7(2)16-13(17)12-6-11(12)8-3-9(14)5-10(15)4-8/h3-5,7,11-12H,6H2,1-2H3,(H,16,17)/t11-,12-/m0/s1. The van der Waals surface area contributed by atoms with E-state index in [9.17, 15) is 4.79 Å². The van der Waals surface area contributed by atoms with Gasteiger partial charge in [0.15, 0.2) is 0 Å². The molecule has 17 heavy (non-hydrogen) atoms. The molecule has 0 bridgehead atoms. The van der Waals surface area contributed by atoms with Crippen molar-refractivity contribution in [2.24, 2.45) is 5.92 Å². The highest BCUT2D eigenvalue weighted by Gasteiger charge is 2.44. The van der Waals surface area contributed by atoms with E-state index in [1.165, 1.54) is 0 Å². The maximum atomic E-state index is 11.8. The van der Waals surface area contributed by atoms with E-state index >= 15 is 0 Å².